The van der Waals surface area contributed by atoms with Crippen molar-refractivity contribution in [3.63, 3.8) is 0 Å². The molecule has 3 aromatic rings. The van der Waals surface area contributed by atoms with E-state index in [1.807, 2.05) is 6.92 Å². The number of aromatic nitrogens is 3. The van der Waals surface area contributed by atoms with E-state index >= 15 is 0 Å². The lowest BCUT2D eigenvalue weighted by Gasteiger charge is -2.21. The van der Waals surface area contributed by atoms with Gasteiger partial charge in [-0.15, -0.1) is 0 Å². The van der Waals surface area contributed by atoms with Crippen molar-refractivity contribution in [1.29, 1.82) is 0 Å². The molecule has 1 unspecified atom stereocenters. The molecule has 1 aliphatic heterocycles. The van der Waals surface area contributed by atoms with E-state index in [0.717, 1.165) is 0 Å². The molecule has 2 aromatic heterocycles. The Labute approximate surface area is 162 Å². The molecule has 27 heavy (non-hydrogen) atoms. The minimum atomic E-state index is -0.552. The van der Waals surface area contributed by atoms with E-state index in [9.17, 15) is 9.18 Å². The Kier molecular flexibility index (Phi) is 4.47. The summed E-state index contributed by atoms with van der Waals surface area (Å²) in [6.45, 7) is 3.69. The number of carbonyl (C=O) groups excluding carboxylic acids is 1. The van der Waals surface area contributed by atoms with Crippen LogP contribution in [0.1, 0.15) is 35.8 Å². The fourth-order valence-corrected chi connectivity index (χ4v) is 3.45. The van der Waals surface area contributed by atoms with Gasteiger partial charge in [-0.25, -0.2) is 18.7 Å². The minimum absolute atomic E-state index is 0.0287. The number of anilines is 1. The first-order valence-electron chi connectivity index (χ1n) is 8.37. The first-order chi connectivity index (χ1) is 12.9. The van der Waals surface area contributed by atoms with Gasteiger partial charge in [-0.3, -0.25) is 0 Å². The standard InChI is InChI=1S/C18H16BrFN4O3/c1-9-8-26-18(25)15-16(19)23-24-6-5-14(22-17(15)24)21-10(2)12-7-11(20)3-4-13(12)27-9/h3-7,9-10H,8H2,1-2H3,(H,21,22)/t9-,10?/m0/s1. The third kappa shape index (κ3) is 3.34. The number of benzene rings is 1. The average molecular weight is 435 g/mol. The summed E-state index contributed by atoms with van der Waals surface area (Å²) in [5.41, 5.74) is 1.24. The van der Waals surface area contributed by atoms with Crippen molar-refractivity contribution in [1.82, 2.24) is 14.6 Å². The lowest BCUT2D eigenvalue weighted by molar-refractivity contribution is 0.0340. The predicted octanol–water partition coefficient (Wildman–Crippen LogP) is 3.74. The maximum atomic E-state index is 13.8. The molecular formula is C18H16BrFN4O3. The second-order valence-electron chi connectivity index (χ2n) is 6.32. The Morgan fingerprint density at radius 2 is 2.15 bits per heavy atom. The van der Waals surface area contributed by atoms with E-state index in [0.29, 0.717) is 27.4 Å². The zero-order valence-electron chi connectivity index (χ0n) is 14.6. The Morgan fingerprint density at radius 3 is 2.96 bits per heavy atom. The van der Waals surface area contributed by atoms with Gasteiger partial charge in [-0.1, -0.05) is 0 Å². The van der Waals surface area contributed by atoms with E-state index in [1.165, 1.54) is 16.6 Å². The van der Waals surface area contributed by atoms with Crippen molar-refractivity contribution in [2.75, 3.05) is 11.9 Å². The number of ether oxygens (including phenoxy) is 2. The third-order valence-corrected chi connectivity index (χ3v) is 4.78. The summed E-state index contributed by atoms with van der Waals surface area (Å²) in [7, 11) is 0. The smallest absolute Gasteiger partial charge is 0.345 e. The molecule has 9 heteroatoms. The van der Waals surface area contributed by atoms with Crippen molar-refractivity contribution in [2.24, 2.45) is 0 Å². The number of hydrogen-bond donors (Lipinski definition) is 1. The Bertz CT molecular complexity index is 1040. The molecule has 1 N–H and O–H groups in total. The zero-order valence-corrected chi connectivity index (χ0v) is 16.2. The summed E-state index contributed by atoms with van der Waals surface area (Å²) in [6.07, 6.45) is 1.26. The van der Waals surface area contributed by atoms with Crippen LogP contribution >= 0.6 is 15.9 Å². The fraction of sp³-hybridized carbons (Fsp3) is 0.278. The van der Waals surface area contributed by atoms with Crippen LogP contribution < -0.4 is 10.1 Å². The van der Waals surface area contributed by atoms with Crippen molar-refractivity contribution < 1.29 is 18.7 Å². The van der Waals surface area contributed by atoms with E-state index in [4.69, 9.17) is 9.47 Å². The highest BCUT2D eigenvalue weighted by molar-refractivity contribution is 9.10. The summed E-state index contributed by atoms with van der Waals surface area (Å²) < 4.78 is 26.9. The van der Waals surface area contributed by atoms with E-state index in [1.54, 1.807) is 25.3 Å². The van der Waals surface area contributed by atoms with Gasteiger partial charge < -0.3 is 14.8 Å². The van der Waals surface area contributed by atoms with Crippen LogP contribution in [0.5, 0.6) is 5.75 Å². The average Bonchev–Trinajstić information content (AvgIpc) is 2.95. The van der Waals surface area contributed by atoms with Gasteiger partial charge >= 0.3 is 5.97 Å². The molecule has 3 heterocycles. The molecule has 4 rings (SSSR count). The number of nitrogens with one attached hydrogen (secondary N) is 1. The van der Waals surface area contributed by atoms with Gasteiger partial charge in [-0.2, -0.15) is 5.10 Å². The number of hydrogen-bond acceptors (Lipinski definition) is 6. The molecule has 1 aliphatic rings. The second-order valence-corrected chi connectivity index (χ2v) is 7.07. The van der Waals surface area contributed by atoms with Crippen LogP contribution in [0.15, 0.2) is 35.1 Å². The number of nitrogens with zero attached hydrogens (tertiary/aromatic N) is 3. The SMILES string of the molecule is CC1Nc2ccn3nc(Br)c(c3n2)C(=O)OC[C@H](C)Oc2ccc(F)cc21. The Balaban J connectivity index is 1.84. The number of cyclic esters (lactones) is 1. The quantitative estimate of drug-likeness (QED) is 0.543. The first kappa shape index (κ1) is 17.7. The number of halogens is 2. The molecule has 140 valence electrons. The highest BCUT2D eigenvalue weighted by atomic mass is 79.9. The molecule has 0 saturated heterocycles. The van der Waals surface area contributed by atoms with Crippen LogP contribution in [0.2, 0.25) is 0 Å². The molecular weight excluding hydrogens is 419 g/mol. The van der Waals surface area contributed by atoms with Crippen LogP contribution in [0.4, 0.5) is 10.2 Å². The van der Waals surface area contributed by atoms with Crippen molar-refractivity contribution >= 4 is 33.4 Å². The van der Waals surface area contributed by atoms with E-state index in [-0.39, 0.29) is 24.0 Å². The molecule has 2 bridgehead atoms. The number of carbonyl (C=O) groups is 1. The number of rotatable bonds is 0. The van der Waals surface area contributed by atoms with Crippen molar-refractivity contribution in [2.45, 2.75) is 26.0 Å². The zero-order chi connectivity index (χ0) is 19.1. The molecule has 0 spiro atoms. The van der Waals surface area contributed by atoms with E-state index < -0.39 is 12.1 Å². The fourth-order valence-electron chi connectivity index (χ4n) is 2.94. The molecule has 0 aliphatic carbocycles. The van der Waals surface area contributed by atoms with Gasteiger partial charge in [0.2, 0.25) is 0 Å². The minimum Gasteiger partial charge on any atom is -0.487 e. The second kappa shape index (κ2) is 6.80. The largest absolute Gasteiger partial charge is 0.487 e. The summed E-state index contributed by atoms with van der Waals surface area (Å²) in [5, 5.41) is 7.45. The summed E-state index contributed by atoms with van der Waals surface area (Å²) >= 11 is 3.29. The van der Waals surface area contributed by atoms with Gasteiger partial charge in [0.15, 0.2) is 5.65 Å². The monoisotopic (exact) mass is 434 g/mol. The molecule has 0 radical (unpaired) electrons. The molecule has 0 saturated carbocycles. The third-order valence-electron chi connectivity index (χ3n) is 4.23. The van der Waals surface area contributed by atoms with Crippen molar-refractivity contribution in [3.8, 4) is 5.75 Å². The highest BCUT2D eigenvalue weighted by Gasteiger charge is 2.24. The molecule has 0 amide bonds. The maximum Gasteiger partial charge on any atom is 0.345 e. The summed E-state index contributed by atoms with van der Waals surface area (Å²) in [5.74, 6) is 0.117. The maximum absolute atomic E-state index is 13.8. The predicted molar refractivity (Wildman–Crippen MR) is 99.5 cm³/mol. The summed E-state index contributed by atoms with van der Waals surface area (Å²) in [4.78, 5) is 17.0. The Morgan fingerprint density at radius 1 is 1.33 bits per heavy atom. The van der Waals surface area contributed by atoms with Crippen LogP contribution in [0.25, 0.3) is 5.65 Å². The van der Waals surface area contributed by atoms with Crippen LogP contribution in [-0.2, 0) is 4.74 Å². The lowest BCUT2D eigenvalue weighted by Crippen LogP contribution is -2.22. The van der Waals surface area contributed by atoms with Gasteiger partial charge in [-0.05, 0) is 54.0 Å². The van der Waals surface area contributed by atoms with Gasteiger partial charge in [0.1, 0.15) is 40.3 Å². The van der Waals surface area contributed by atoms with Crippen LogP contribution in [0, 0.1) is 5.82 Å². The van der Waals surface area contributed by atoms with Crippen LogP contribution in [-0.4, -0.2) is 33.3 Å². The molecule has 0 fully saturated rings. The molecule has 2 atom stereocenters. The lowest BCUT2D eigenvalue weighted by atomic mass is 10.1. The van der Waals surface area contributed by atoms with Gasteiger partial charge in [0.05, 0.1) is 6.04 Å². The van der Waals surface area contributed by atoms with Gasteiger partial charge in [0, 0.05) is 11.8 Å². The van der Waals surface area contributed by atoms with Crippen molar-refractivity contribution in [3.05, 3.63) is 52.0 Å². The van der Waals surface area contributed by atoms with E-state index in [2.05, 4.69) is 31.3 Å². The normalized spacial score (nSPS) is 19.9. The van der Waals surface area contributed by atoms with Crippen LogP contribution in [0.3, 0.4) is 0 Å². The first-order valence-corrected chi connectivity index (χ1v) is 9.16. The Hall–Kier alpha value is -2.68. The molecule has 1 aromatic carbocycles. The highest BCUT2D eigenvalue weighted by Crippen LogP contribution is 2.30. The topological polar surface area (TPSA) is 77.8 Å². The number of esters is 1. The number of fused-ring (bicyclic) bond motifs is 2. The van der Waals surface area contributed by atoms with Gasteiger partial charge in [0.25, 0.3) is 0 Å². The summed E-state index contributed by atoms with van der Waals surface area (Å²) in [6, 6.07) is 5.76. The molecule has 7 nitrogen and oxygen atoms in total.